The molecule has 0 aliphatic carbocycles. The van der Waals surface area contributed by atoms with E-state index in [-0.39, 0.29) is 18.9 Å². The van der Waals surface area contributed by atoms with E-state index < -0.39 is 10.2 Å². The van der Waals surface area contributed by atoms with Crippen LogP contribution >= 0.6 is 0 Å². The molecule has 0 N–H and O–H groups in total. The van der Waals surface area contributed by atoms with E-state index in [1.807, 2.05) is 6.07 Å². The number of piperidine rings is 1. The van der Waals surface area contributed by atoms with E-state index in [1.165, 1.54) is 15.7 Å². The first-order chi connectivity index (χ1) is 11.0. The Bertz CT molecular complexity index is 699. The van der Waals surface area contributed by atoms with E-state index in [1.54, 1.807) is 0 Å². The van der Waals surface area contributed by atoms with Gasteiger partial charge in [-0.25, -0.2) is 0 Å². The van der Waals surface area contributed by atoms with Gasteiger partial charge >= 0.3 is 0 Å². The summed E-state index contributed by atoms with van der Waals surface area (Å²) in [5.74, 6) is 2.36. The topological polar surface area (TPSA) is 95.1 Å². The van der Waals surface area contributed by atoms with Gasteiger partial charge in [0.15, 0.2) is 0 Å². The minimum absolute atomic E-state index is 0.206. The van der Waals surface area contributed by atoms with Gasteiger partial charge in [0.2, 0.25) is 0 Å². The van der Waals surface area contributed by atoms with Gasteiger partial charge in [0.05, 0.1) is 6.07 Å². The molecular weight excluding hydrogens is 316 g/mol. The maximum Gasteiger partial charge on any atom is 0.281 e. The number of nitriles is 1. The lowest BCUT2D eigenvalue weighted by atomic mass is 9.97. The summed E-state index contributed by atoms with van der Waals surface area (Å²) in [6.45, 7) is 2.20. The fraction of sp³-hybridized carbons (Fsp3) is 0.786. The van der Waals surface area contributed by atoms with E-state index in [9.17, 15) is 8.42 Å². The van der Waals surface area contributed by atoms with Gasteiger partial charge < -0.3 is 4.57 Å². The molecule has 3 rings (SSSR count). The first-order valence-corrected chi connectivity index (χ1v) is 9.44. The van der Waals surface area contributed by atoms with Crippen molar-refractivity contribution in [1.29, 1.82) is 5.26 Å². The minimum atomic E-state index is -3.47. The predicted molar refractivity (Wildman–Crippen MR) is 83.7 cm³/mol. The first kappa shape index (κ1) is 16.4. The Labute approximate surface area is 136 Å². The van der Waals surface area contributed by atoms with Crippen LogP contribution in [0.25, 0.3) is 0 Å². The summed E-state index contributed by atoms with van der Waals surface area (Å²) in [6.07, 6.45) is 3.85. The van der Waals surface area contributed by atoms with Crippen molar-refractivity contribution >= 4 is 10.2 Å². The number of hydrogen-bond acceptors (Lipinski definition) is 5. The largest absolute Gasteiger partial charge is 0.315 e. The zero-order valence-electron chi connectivity index (χ0n) is 13.3. The van der Waals surface area contributed by atoms with Crippen LogP contribution in [0.5, 0.6) is 0 Å². The Hall–Kier alpha value is -1.50. The number of nitrogens with zero attached hydrogens (tertiary/aromatic N) is 6. The fourth-order valence-corrected chi connectivity index (χ4v) is 4.73. The third-order valence-electron chi connectivity index (χ3n) is 4.72. The van der Waals surface area contributed by atoms with Gasteiger partial charge in [0.25, 0.3) is 10.2 Å². The molecule has 0 aromatic carbocycles. The van der Waals surface area contributed by atoms with Crippen molar-refractivity contribution in [3.8, 4) is 6.07 Å². The van der Waals surface area contributed by atoms with E-state index in [2.05, 4.69) is 14.8 Å². The number of fused-ring (bicyclic) bond motifs is 1. The van der Waals surface area contributed by atoms with Crippen LogP contribution in [-0.4, -0.2) is 58.5 Å². The van der Waals surface area contributed by atoms with Crippen molar-refractivity contribution < 1.29 is 8.42 Å². The van der Waals surface area contributed by atoms with Crippen LogP contribution in [0.3, 0.4) is 0 Å². The average molecular weight is 338 g/mol. The van der Waals surface area contributed by atoms with E-state index >= 15 is 0 Å². The van der Waals surface area contributed by atoms with Crippen LogP contribution < -0.4 is 0 Å². The fourth-order valence-electron chi connectivity index (χ4n) is 3.34. The quantitative estimate of drug-likeness (QED) is 0.779. The van der Waals surface area contributed by atoms with E-state index in [0.29, 0.717) is 13.1 Å². The standard InChI is InChI=1S/C14H22N6O2S/c1-18(8-3-7-15)23(21,22)19-10-5-12(6-11-19)14-17-16-13-4-2-9-20(13)14/h12H,2-6,8-11H2,1H3. The molecule has 0 atom stereocenters. The summed E-state index contributed by atoms with van der Waals surface area (Å²) in [5, 5.41) is 17.2. The van der Waals surface area contributed by atoms with Gasteiger partial charge in [-0.05, 0) is 19.3 Å². The van der Waals surface area contributed by atoms with Crippen molar-refractivity contribution in [2.75, 3.05) is 26.7 Å². The Balaban J connectivity index is 1.63. The maximum absolute atomic E-state index is 12.5. The number of rotatable bonds is 5. The first-order valence-electron chi connectivity index (χ1n) is 8.04. The molecule has 0 radical (unpaired) electrons. The van der Waals surface area contributed by atoms with Gasteiger partial charge in [-0.3, -0.25) is 0 Å². The number of hydrogen-bond donors (Lipinski definition) is 0. The Kier molecular flexibility index (Phi) is 4.66. The molecule has 126 valence electrons. The molecule has 0 spiro atoms. The summed E-state index contributed by atoms with van der Waals surface area (Å²) in [5.41, 5.74) is 0. The molecule has 1 saturated heterocycles. The minimum Gasteiger partial charge on any atom is -0.315 e. The van der Waals surface area contributed by atoms with E-state index in [0.717, 1.165) is 43.9 Å². The monoisotopic (exact) mass is 338 g/mol. The second-order valence-electron chi connectivity index (χ2n) is 6.14. The molecule has 8 nitrogen and oxygen atoms in total. The van der Waals surface area contributed by atoms with Crippen LogP contribution in [0.4, 0.5) is 0 Å². The van der Waals surface area contributed by atoms with Crippen LogP contribution in [0, 0.1) is 11.3 Å². The average Bonchev–Trinajstić information content (AvgIpc) is 3.15. The van der Waals surface area contributed by atoms with E-state index in [4.69, 9.17) is 5.26 Å². The smallest absolute Gasteiger partial charge is 0.281 e. The third kappa shape index (κ3) is 3.11. The molecule has 23 heavy (non-hydrogen) atoms. The highest BCUT2D eigenvalue weighted by Crippen LogP contribution is 2.30. The summed E-state index contributed by atoms with van der Waals surface area (Å²) in [4.78, 5) is 0. The Morgan fingerprint density at radius 1 is 1.30 bits per heavy atom. The molecule has 0 saturated carbocycles. The zero-order chi connectivity index (χ0) is 16.4. The highest BCUT2D eigenvalue weighted by atomic mass is 32.2. The number of aromatic nitrogens is 3. The molecular formula is C14H22N6O2S. The summed E-state index contributed by atoms with van der Waals surface area (Å²) >= 11 is 0. The van der Waals surface area contributed by atoms with Crippen molar-refractivity contribution in [2.24, 2.45) is 0 Å². The second-order valence-corrected chi connectivity index (χ2v) is 8.18. The molecule has 1 fully saturated rings. The van der Waals surface area contributed by atoms with Gasteiger partial charge in [-0.15, -0.1) is 10.2 Å². The molecule has 0 amide bonds. The van der Waals surface area contributed by atoms with Crippen LogP contribution in [0.2, 0.25) is 0 Å². The third-order valence-corrected chi connectivity index (χ3v) is 6.70. The van der Waals surface area contributed by atoms with Crippen molar-refractivity contribution in [3.63, 3.8) is 0 Å². The molecule has 0 unspecified atom stereocenters. The molecule has 1 aromatic rings. The lowest BCUT2D eigenvalue weighted by Crippen LogP contribution is -2.45. The SMILES string of the molecule is CN(CCC#N)S(=O)(=O)N1CCC(c2nnc3n2CCC3)CC1. The zero-order valence-corrected chi connectivity index (χ0v) is 14.2. The molecule has 1 aromatic heterocycles. The molecule has 2 aliphatic rings. The Morgan fingerprint density at radius 3 is 2.74 bits per heavy atom. The molecule has 9 heteroatoms. The molecule has 3 heterocycles. The highest BCUT2D eigenvalue weighted by molar-refractivity contribution is 7.86. The Morgan fingerprint density at radius 2 is 2.04 bits per heavy atom. The molecule has 2 aliphatic heterocycles. The molecule has 0 bridgehead atoms. The van der Waals surface area contributed by atoms with Gasteiger partial charge in [-0.2, -0.15) is 22.3 Å². The number of aryl methyl sites for hydroxylation is 1. The van der Waals surface area contributed by atoms with Crippen LogP contribution in [0.1, 0.15) is 43.3 Å². The van der Waals surface area contributed by atoms with Crippen LogP contribution in [0.15, 0.2) is 0 Å². The van der Waals surface area contributed by atoms with Crippen molar-refractivity contribution in [2.45, 2.75) is 44.6 Å². The van der Waals surface area contributed by atoms with Gasteiger partial charge in [0, 0.05) is 52.0 Å². The maximum atomic E-state index is 12.5. The summed E-state index contributed by atoms with van der Waals surface area (Å²) in [7, 11) is -1.93. The normalized spacial score (nSPS) is 19.9. The van der Waals surface area contributed by atoms with Crippen molar-refractivity contribution in [3.05, 3.63) is 11.6 Å². The summed E-state index contributed by atoms with van der Waals surface area (Å²) in [6, 6.07) is 1.98. The lowest BCUT2D eigenvalue weighted by Gasteiger charge is -2.33. The predicted octanol–water partition coefficient (Wildman–Crippen LogP) is 0.494. The van der Waals surface area contributed by atoms with Crippen molar-refractivity contribution in [1.82, 2.24) is 23.4 Å². The lowest BCUT2D eigenvalue weighted by molar-refractivity contribution is 0.289. The van der Waals surface area contributed by atoms with Gasteiger partial charge in [-0.1, -0.05) is 0 Å². The second kappa shape index (κ2) is 6.55. The van der Waals surface area contributed by atoms with Crippen LogP contribution in [-0.2, 0) is 23.2 Å². The summed E-state index contributed by atoms with van der Waals surface area (Å²) < 4.78 is 29.9. The van der Waals surface area contributed by atoms with Gasteiger partial charge in [0.1, 0.15) is 11.6 Å². The highest BCUT2D eigenvalue weighted by Gasteiger charge is 2.33.